The highest BCUT2D eigenvalue weighted by atomic mass is 32.2. The monoisotopic (exact) mass is 381 g/mol. The van der Waals surface area contributed by atoms with Crippen LogP contribution >= 0.6 is 11.8 Å². The van der Waals surface area contributed by atoms with Crippen LogP contribution in [0, 0.1) is 0 Å². The number of hydrogen-bond donors (Lipinski definition) is 1. The Balaban J connectivity index is 0.000000221. The fraction of sp³-hybridized carbons (Fsp3) is 0.0526. The van der Waals surface area contributed by atoms with Gasteiger partial charge in [-0.05, 0) is 23.9 Å². The minimum absolute atomic E-state index is 0.0116. The van der Waals surface area contributed by atoms with Gasteiger partial charge in [-0.3, -0.25) is 24.3 Å². The van der Waals surface area contributed by atoms with Crippen LogP contribution in [0.3, 0.4) is 0 Å². The zero-order valence-electron chi connectivity index (χ0n) is 14.3. The Hall–Kier alpha value is -3.39. The van der Waals surface area contributed by atoms with Crippen LogP contribution in [0.4, 0.5) is 4.79 Å². The third-order valence-corrected chi connectivity index (χ3v) is 4.28. The van der Waals surface area contributed by atoms with E-state index in [-0.39, 0.29) is 17.1 Å². The first kappa shape index (κ1) is 18.4. The number of amides is 2. The van der Waals surface area contributed by atoms with Gasteiger partial charge in [0.25, 0.3) is 11.1 Å². The van der Waals surface area contributed by atoms with Gasteiger partial charge in [0.15, 0.2) is 0 Å². The van der Waals surface area contributed by atoms with E-state index < -0.39 is 0 Å². The van der Waals surface area contributed by atoms with Crippen molar-refractivity contribution < 1.29 is 18.8 Å². The number of benzene rings is 1. The van der Waals surface area contributed by atoms with Gasteiger partial charge < -0.3 is 4.42 Å². The van der Waals surface area contributed by atoms with Crippen LogP contribution < -0.4 is 5.32 Å². The number of nitrogens with one attached hydrogen (secondary N) is 1. The second-order valence-corrected chi connectivity index (χ2v) is 6.42. The third kappa shape index (κ3) is 4.83. The number of furan rings is 1. The van der Waals surface area contributed by atoms with E-state index in [2.05, 4.69) is 10.3 Å². The summed E-state index contributed by atoms with van der Waals surface area (Å²) in [6, 6.07) is 13.3. The molecule has 136 valence electrons. The summed E-state index contributed by atoms with van der Waals surface area (Å²) in [6.07, 6.45) is 6.23. The fourth-order valence-electron chi connectivity index (χ4n) is 2.18. The molecular weight excluding hydrogens is 366 g/mol. The van der Waals surface area contributed by atoms with Crippen molar-refractivity contribution in [2.75, 3.05) is 0 Å². The number of hydrogen-bond acceptors (Lipinski definition) is 6. The minimum Gasteiger partial charge on any atom is -0.457 e. The van der Waals surface area contributed by atoms with E-state index in [0.29, 0.717) is 10.7 Å². The molecule has 0 bridgehead atoms. The summed E-state index contributed by atoms with van der Waals surface area (Å²) in [4.78, 5) is 36.9. The molecule has 0 radical (unpaired) electrons. The van der Waals surface area contributed by atoms with Crippen molar-refractivity contribution in [2.24, 2.45) is 0 Å². The smallest absolute Gasteiger partial charge is 0.290 e. The van der Waals surface area contributed by atoms with E-state index in [0.717, 1.165) is 23.1 Å². The van der Waals surface area contributed by atoms with Gasteiger partial charge >= 0.3 is 0 Å². The number of imide groups is 1. The van der Waals surface area contributed by atoms with Gasteiger partial charge in [0.2, 0.25) is 5.91 Å². The Morgan fingerprint density at radius 2 is 1.96 bits per heavy atom. The van der Waals surface area contributed by atoms with Crippen molar-refractivity contribution in [2.45, 2.75) is 6.92 Å². The highest BCUT2D eigenvalue weighted by molar-refractivity contribution is 8.18. The molecule has 0 spiro atoms. The maximum Gasteiger partial charge on any atom is 0.290 e. The highest BCUT2D eigenvalue weighted by Gasteiger charge is 2.25. The lowest BCUT2D eigenvalue weighted by Crippen LogP contribution is -2.17. The molecule has 2 amide bonds. The quantitative estimate of drug-likeness (QED) is 0.678. The molecule has 4 rings (SSSR count). The maximum atomic E-state index is 11.4. The van der Waals surface area contributed by atoms with E-state index in [9.17, 15) is 14.4 Å². The van der Waals surface area contributed by atoms with Crippen LogP contribution in [0.1, 0.15) is 17.5 Å². The molecule has 1 aliphatic rings. The predicted molar refractivity (Wildman–Crippen MR) is 102 cm³/mol. The molecule has 7 nitrogen and oxygen atoms in total. The Bertz CT molecular complexity index is 991. The zero-order valence-corrected chi connectivity index (χ0v) is 15.1. The number of thioether (sulfide) groups is 1. The largest absolute Gasteiger partial charge is 0.457 e. The normalized spacial score (nSPS) is 14.6. The molecule has 0 atom stereocenters. The Morgan fingerprint density at radius 3 is 2.52 bits per heavy atom. The molecule has 8 heteroatoms. The van der Waals surface area contributed by atoms with Crippen LogP contribution in [0.25, 0.3) is 17.4 Å². The van der Waals surface area contributed by atoms with Crippen molar-refractivity contribution in [1.82, 2.24) is 14.9 Å². The summed E-state index contributed by atoms with van der Waals surface area (Å²) in [5, 5.41) is 1.85. The van der Waals surface area contributed by atoms with Crippen LogP contribution in [-0.4, -0.2) is 26.6 Å². The lowest BCUT2D eigenvalue weighted by atomic mass is 10.2. The van der Waals surface area contributed by atoms with Crippen molar-refractivity contribution >= 4 is 34.9 Å². The Labute approximate surface area is 159 Å². The number of imidazole rings is 1. The van der Waals surface area contributed by atoms with E-state index in [4.69, 9.17) is 4.42 Å². The lowest BCUT2D eigenvalue weighted by Gasteiger charge is -1.95. The van der Waals surface area contributed by atoms with Crippen LogP contribution in [0.5, 0.6) is 0 Å². The Kier molecular flexibility index (Phi) is 5.68. The van der Waals surface area contributed by atoms with Gasteiger partial charge in [0.05, 0.1) is 4.91 Å². The predicted octanol–water partition coefficient (Wildman–Crippen LogP) is 3.81. The zero-order chi connectivity index (χ0) is 19.2. The molecule has 2 aromatic heterocycles. The summed E-state index contributed by atoms with van der Waals surface area (Å²) in [7, 11) is 0. The van der Waals surface area contributed by atoms with Crippen molar-refractivity contribution in [3.63, 3.8) is 0 Å². The number of carbonyl (C=O) groups excluding carboxylic acids is 3. The van der Waals surface area contributed by atoms with Gasteiger partial charge in [-0.25, -0.2) is 4.98 Å². The van der Waals surface area contributed by atoms with Crippen LogP contribution in [-0.2, 0) is 4.79 Å². The van der Waals surface area contributed by atoms with Gasteiger partial charge in [0, 0.05) is 31.0 Å². The number of aromatic nitrogens is 2. The molecule has 1 aliphatic heterocycles. The van der Waals surface area contributed by atoms with Gasteiger partial charge in [0.1, 0.15) is 17.8 Å². The summed E-state index contributed by atoms with van der Waals surface area (Å²) in [5.41, 5.74) is 0.965. The average molecular weight is 381 g/mol. The van der Waals surface area contributed by atoms with Gasteiger partial charge in [-0.15, -0.1) is 0 Å². The molecule has 0 aliphatic carbocycles. The molecule has 1 fully saturated rings. The molecule has 0 unspecified atom stereocenters. The summed E-state index contributed by atoms with van der Waals surface area (Å²) < 4.78 is 7.05. The van der Waals surface area contributed by atoms with E-state index in [1.807, 2.05) is 36.4 Å². The van der Waals surface area contributed by atoms with Crippen molar-refractivity contribution in [3.05, 3.63) is 71.9 Å². The topological polar surface area (TPSA) is 94.2 Å². The van der Waals surface area contributed by atoms with Gasteiger partial charge in [-0.2, -0.15) is 0 Å². The second kappa shape index (κ2) is 8.33. The maximum absolute atomic E-state index is 11.4. The van der Waals surface area contributed by atoms with Crippen molar-refractivity contribution in [1.29, 1.82) is 0 Å². The minimum atomic E-state index is -0.382. The lowest BCUT2D eigenvalue weighted by molar-refractivity contribution is -0.115. The number of rotatable bonds is 2. The standard InChI is InChI=1S/C14H9NO3S.C5H6N2O/c16-13-12(19-14(17)15-13)8-10-6-7-11(18-10)9-4-2-1-3-5-9;1-5(8)7-3-2-6-4-7/h1-8H,(H,15,16,17);2-4H,1H3/b12-8-;. The van der Waals surface area contributed by atoms with E-state index >= 15 is 0 Å². The second-order valence-electron chi connectivity index (χ2n) is 5.41. The molecular formula is C19H15N3O4S. The first-order chi connectivity index (χ1) is 13.0. The first-order valence-electron chi connectivity index (χ1n) is 7.92. The molecule has 1 saturated heterocycles. The first-order valence-corrected chi connectivity index (χ1v) is 8.73. The summed E-state index contributed by atoms with van der Waals surface area (Å²) >= 11 is 0.875. The number of nitrogens with zero attached hydrogens (tertiary/aromatic N) is 2. The molecule has 27 heavy (non-hydrogen) atoms. The van der Waals surface area contributed by atoms with Crippen LogP contribution in [0.15, 0.2) is 70.5 Å². The van der Waals surface area contributed by atoms with E-state index in [1.54, 1.807) is 24.5 Å². The summed E-state index contributed by atoms with van der Waals surface area (Å²) in [5.74, 6) is 0.878. The SMILES string of the molecule is CC(=O)n1ccnc1.O=C1NC(=O)/C(=C/c2ccc(-c3ccccc3)o2)S1. The Morgan fingerprint density at radius 1 is 1.19 bits per heavy atom. The highest BCUT2D eigenvalue weighted by Crippen LogP contribution is 2.28. The molecule has 3 aromatic rings. The van der Waals surface area contributed by atoms with Crippen LogP contribution in [0.2, 0.25) is 0 Å². The van der Waals surface area contributed by atoms with Crippen molar-refractivity contribution in [3.8, 4) is 11.3 Å². The van der Waals surface area contributed by atoms with Gasteiger partial charge in [-0.1, -0.05) is 30.3 Å². The average Bonchev–Trinajstić information content (AvgIpc) is 3.39. The molecule has 1 N–H and O–H groups in total. The third-order valence-electron chi connectivity index (χ3n) is 3.47. The molecule has 3 heterocycles. The molecule has 0 saturated carbocycles. The van der Waals surface area contributed by atoms with E-state index in [1.165, 1.54) is 17.8 Å². The molecule has 1 aromatic carbocycles. The summed E-state index contributed by atoms with van der Waals surface area (Å²) in [6.45, 7) is 1.49. The fourth-order valence-corrected chi connectivity index (χ4v) is 2.85. The number of carbonyl (C=O) groups is 3.